The molecule has 136 valence electrons. The molecule has 25 heavy (non-hydrogen) atoms. The van der Waals surface area contributed by atoms with E-state index in [-0.39, 0.29) is 17.8 Å². The molecule has 1 atom stereocenters. The summed E-state index contributed by atoms with van der Waals surface area (Å²) in [6, 6.07) is 9.04. The number of benzene rings is 1. The van der Waals surface area contributed by atoms with E-state index in [2.05, 4.69) is 15.9 Å². The standard InChI is InChI=1S/C19H27FN4O/c1-15(16-7-5-6-8-17(16)20)24-11-9-23(10-12-24)13-18(25)22(4)19(2,3)14-21/h5-8,15H,9-13H2,1-4H3. The zero-order valence-electron chi connectivity index (χ0n) is 15.5. The number of amides is 1. The van der Waals surface area contributed by atoms with E-state index in [0.29, 0.717) is 12.1 Å². The van der Waals surface area contributed by atoms with Crippen molar-refractivity contribution in [1.82, 2.24) is 14.7 Å². The number of hydrogen-bond acceptors (Lipinski definition) is 4. The van der Waals surface area contributed by atoms with E-state index in [9.17, 15) is 9.18 Å². The normalized spacial score (nSPS) is 17.8. The first-order valence-electron chi connectivity index (χ1n) is 8.65. The largest absolute Gasteiger partial charge is 0.326 e. The Morgan fingerprint density at radius 1 is 1.32 bits per heavy atom. The Kier molecular flexibility index (Phi) is 6.15. The maximum Gasteiger partial charge on any atom is 0.237 e. The minimum absolute atomic E-state index is 0.0132. The van der Waals surface area contributed by atoms with Crippen molar-refractivity contribution in [1.29, 1.82) is 5.26 Å². The Hall–Kier alpha value is -1.97. The van der Waals surface area contributed by atoms with Crippen LogP contribution in [0.15, 0.2) is 24.3 Å². The van der Waals surface area contributed by atoms with E-state index in [4.69, 9.17) is 5.26 Å². The van der Waals surface area contributed by atoms with Gasteiger partial charge in [-0.1, -0.05) is 18.2 Å². The van der Waals surface area contributed by atoms with Crippen LogP contribution in [0.5, 0.6) is 0 Å². The molecule has 0 bridgehead atoms. The summed E-state index contributed by atoms with van der Waals surface area (Å²) < 4.78 is 14.0. The third kappa shape index (κ3) is 4.56. The fourth-order valence-corrected chi connectivity index (χ4v) is 3.00. The van der Waals surface area contributed by atoms with Gasteiger partial charge in [0.05, 0.1) is 12.6 Å². The van der Waals surface area contributed by atoms with Crippen LogP contribution in [0, 0.1) is 17.1 Å². The lowest BCUT2D eigenvalue weighted by atomic mass is 10.1. The summed E-state index contributed by atoms with van der Waals surface area (Å²) in [5.74, 6) is -0.227. The first-order chi connectivity index (χ1) is 11.8. The number of carbonyl (C=O) groups excluding carboxylic acids is 1. The fourth-order valence-electron chi connectivity index (χ4n) is 3.00. The van der Waals surface area contributed by atoms with Crippen molar-refractivity contribution in [3.63, 3.8) is 0 Å². The maximum absolute atomic E-state index is 14.0. The van der Waals surface area contributed by atoms with Crippen molar-refractivity contribution in [2.75, 3.05) is 39.8 Å². The van der Waals surface area contributed by atoms with E-state index in [0.717, 1.165) is 26.2 Å². The van der Waals surface area contributed by atoms with Crippen molar-refractivity contribution in [2.24, 2.45) is 0 Å². The van der Waals surface area contributed by atoms with Gasteiger partial charge in [-0.2, -0.15) is 5.26 Å². The van der Waals surface area contributed by atoms with E-state index in [1.807, 2.05) is 19.1 Å². The molecular formula is C19H27FN4O. The number of rotatable bonds is 5. The molecule has 2 rings (SSSR count). The van der Waals surface area contributed by atoms with Crippen molar-refractivity contribution in [2.45, 2.75) is 32.4 Å². The molecule has 6 heteroatoms. The third-order valence-corrected chi connectivity index (χ3v) is 5.16. The maximum atomic E-state index is 14.0. The first-order valence-corrected chi connectivity index (χ1v) is 8.65. The second kappa shape index (κ2) is 7.94. The van der Waals surface area contributed by atoms with Crippen LogP contribution in [0.4, 0.5) is 4.39 Å². The highest BCUT2D eigenvalue weighted by atomic mass is 19.1. The molecule has 0 spiro atoms. The molecule has 0 aliphatic carbocycles. The van der Waals surface area contributed by atoms with Crippen LogP contribution in [-0.2, 0) is 4.79 Å². The van der Waals surface area contributed by atoms with Crippen molar-refractivity contribution < 1.29 is 9.18 Å². The van der Waals surface area contributed by atoms with Crippen molar-refractivity contribution in [3.8, 4) is 6.07 Å². The Labute approximate surface area is 149 Å². The number of carbonyl (C=O) groups is 1. The van der Waals surface area contributed by atoms with Gasteiger partial charge in [0, 0.05) is 44.8 Å². The van der Waals surface area contributed by atoms with E-state index >= 15 is 0 Å². The van der Waals surface area contributed by atoms with Crippen LogP contribution < -0.4 is 0 Å². The highest BCUT2D eigenvalue weighted by Crippen LogP contribution is 2.24. The first kappa shape index (κ1) is 19.4. The lowest BCUT2D eigenvalue weighted by Crippen LogP contribution is -2.52. The highest BCUT2D eigenvalue weighted by Gasteiger charge is 2.30. The number of nitriles is 1. The highest BCUT2D eigenvalue weighted by molar-refractivity contribution is 5.79. The summed E-state index contributed by atoms with van der Waals surface area (Å²) in [5.41, 5.74) is -0.0966. The van der Waals surface area contributed by atoms with Gasteiger partial charge in [-0.15, -0.1) is 0 Å². The van der Waals surface area contributed by atoms with E-state index in [1.54, 1.807) is 27.0 Å². The molecule has 1 aromatic rings. The molecule has 1 heterocycles. The van der Waals surface area contributed by atoms with Crippen LogP contribution in [0.3, 0.4) is 0 Å². The van der Waals surface area contributed by atoms with Crippen LogP contribution >= 0.6 is 0 Å². The molecule has 1 aromatic carbocycles. The molecular weight excluding hydrogens is 319 g/mol. The zero-order chi connectivity index (χ0) is 18.6. The molecule has 0 saturated carbocycles. The van der Waals surface area contributed by atoms with Gasteiger partial charge in [0.1, 0.15) is 11.4 Å². The molecule has 0 aromatic heterocycles. The lowest BCUT2D eigenvalue weighted by Gasteiger charge is -2.39. The Balaban J connectivity index is 1.89. The predicted octanol–water partition coefficient (Wildman–Crippen LogP) is 2.26. The quantitative estimate of drug-likeness (QED) is 0.821. The number of piperazine rings is 1. The number of likely N-dealkylation sites (N-methyl/N-ethyl adjacent to an activating group) is 1. The van der Waals surface area contributed by atoms with Crippen LogP contribution in [-0.4, -0.2) is 65.9 Å². The van der Waals surface area contributed by atoms with Gasteiger partial charge in [0.25, 0.3) is 0 Å². The van der Waals surface area contributed by atoms with Gasteiger partial charge in [0.2, 0.25) is 5.91 Å². The Bertz CT molecular complexity index is 647. The predicted molar refractivity (Wildman–Crippen MR) is 95.3 cm³/mol. The SMILES string of the molecule is CC(c1ccccc1F)N1CCN(CC(=O)N(C)C(C)(C)C#N)CC1. The van der Waals surface area contributed by atoms with E-state index < -0.39 is 5.54 Å². The fraction of sp³-hybridized carbons (Fsp3) is 0.579. The number of halogens is 1. The molecule has 0 N–H and O–H groups in total. The molecule has 0 radical (unpaired) electrons. The average Bonchev–Trinajstić information content (AvgIpc) is 2.61. The molecule has 1 aliphatic rings. The lowest BCUT2D eigenvalue weighted by molar-refractivity contribution is -0.134. The number of nitrogens with zero attached hydrogens (tertiary/aromatic N) is 4. The van der Waals surface area contributed by atoms with Gasteiger partial charge in [-0.25, -0.2) is 4.39 Å². The summed E-state index contributed by atoms with van der Waals surface area (Å²) >= 11 is 0. The molecule has 1 aliphatic heterocycles. The minimum atomic E-state index is -0.807. The van der Waals surface area contributed by atoms with Gasteiger partial charge >= 0.3 is 0 Å². The molecule has 1 amide bonds. The second-order valence-electron chi connectivity index (χ2n) is 7.13. The average molecular weight is 346 g/mol. The molecule has 1 fully saturated rings. The van der Waals surface area contributed by atoms with Gasteiger partial charge in [0.15, 0.2) is 0 Å². The smallest absolute Gasteiger partial charge is 0.237 e. The summed E-state index contributed by atoms with van der Waals surface area (Å²) in [7, 11) is 1.67. The zero-order valence-corrected chi connectivity index (χ0v) is 15.5. The van der Waals surface area contributed by atoms with Gasteiger partial charge in [-0.05, 0) is 26.8 Å². The summed E-state index contributed by atoms with van der Waals surface area (Å²) in [6.07, 6.45) is 0. The molecule has 5 nitrogen and oxygen atoms in total. The van der Waals surface area contributed by atoms with Gasteiger partial charge in [-0.3, -0.25) is 14.6 Å². The topological polar surface area (TPSA) is 50.6 Å². The Morgan fingerprint density at radius 2 is 1.92 bits per heavy atom. The minimum Gasteiger partial charge on any atom is -0.326 e. The van der Waals surface area contributed by atoms with Crippen LogP contribution in [0.1, 0.15) is 32.4 Å². The second-order valence-corrected chi connectivity index (χ2v) is 7.13. The molecule has 1 saturated heterocycles. The van der Waals surface area contributed by atoms with Crippen LogP contribution in [0.2, 0.25) is 0 Å². The Morgan fingerprint density at radius 3 is 2.48 bits per heavy atom. The summed E-state index contributed by atoms with van der Waals surface area (Å²) in [6.45, 7) is 8.88. The van der Waals surface area contributed by atoms with Crippen molar-refractivity contribution >= 4 is 5.91 Å². The molecule has 1 unspecified atom stereocenters. The van der Waals surface area contributed by atoms with E-state index in [1.165, 1.54) is 11.0 Å². The van der Waals surface area contributed by atoms with Gasteiger partial charge < -0.3 is 4.90 Å². The van der Waals surface area contributed by atoms with Crippen molar-refractivity contribution in [3.05, 3.63) is 35.6 Å². The van der Waals surface area contributed by atoms with Crippen LogP contribution in [0.25, 0.3) is 0 Å². The monoisotopic (exact) mass is 346 g/mol. The number of hydrogen-bond donors (Lipinski definition) is 0. The third-order valence-electron chi connectivity index (χ3n) is 5.16. The summed E-state index contributed by atoms with van der Waals surface area (Å²) in [4.78, 5) is 18.2. The summed E-state index contributed by atoms with van der Waals surface area (Å²) in [5, 5.41) is 9.15.